The van der Waals surface area contributed by atoms with E-state index in [9.17, 15) is 0 Å². The normalized spacial score (nSPS) is 26.3. The smallest absolute Gasteiger partial charge is 0.166 e. The molecule has 1 heterocycles. The molecule has 1 N–H and O–H groups in total. The summed E-state index contributed by atoms with van der Waals surface area (Å²) in [6, 6.07) is 4.23. The molecule has 5 rings (SSSR count). The predicted molar refractivity (Wildman–Crippen MR) is 110 cm³/mol. The first-order chi connectivity index (χ1) is 13.3. The van der Waals surface area contributed by atoms with Crippen LogP contribution in [0.15, 0.2) is 24.0 Å². The van der Waals surface area contributed by atoms with Crippen molar-refractivity contribution in [1.82, 2.24) is 5.32 Å². The van der Waals surface area contributed by atoms with Gasteiger partial charge in [-0.3, -0.25) is 0 Å². The minimum absolute atomic E-state index is 0.0501. The van der Waals surface area contributed by atoms with Crippen molar-refractivity contribution >= 4 is 0 Å². The van der Waals surface area contributed by atoms with Crippen molar-refractivity contribution in [3.8, 4) is 11.5 Å². The van der Waals surface area contributed by atoms with E-state index in [1.54, 1.807) is 14.2 Å². The zero-order chi connectivity index (χ0) is 19.4. The average Bonchev–Trinajstić information content (AvgIpc) is 3.45. The van der Waals surface area contributed by atoms with Gasteiger partial charge in [0.25, 0.3) is 0 Å². The number of aryl methyl sites for hydroxylation is 1. The van der Waals surface area contributed by atoms with Gasteiger partial charge in [0.15, 0.2) is 17.6 Å². The zero-order valence-electron chi connectivity index (χ0n) is 17.5. The number of hydrogen-bond acceptors (Lipinski definition) is 4. The van der Waals surface area contributed by atoms with Crippen molar-refractivity contribution in [2.75, 3.05) is 27.8 Å². The van der Waals surface area contributed by atoms with Crippen molar-refractivity contribution in [1.29, 1.82) is 0 Å². The number of rotatable bonds is 4. The monoisotopic (exact) mass is 373 g/mol. The molecule has 1 aromatic rings. The lowest BCUT2D eigenvalue weighted by atomic mass is 9.69. The maximum Gasteiger partial charge on any atom is 0.166 e. The van der Waals surface area contributed by atoms with E-state index in [2.05, 4.69) is 17.5 Å². The topological polar surface area (TPSA) is 39.7 Å². The van der Waals surface area contributed by atoms with E-state index >= 15 is 0 Å². The molecule has 3 atom stereocenters. The zero-order valence-corrected chi connectivity index (χ0v) is 17.5. The molecule has 0 bridgehead atoms. The summed E-state index contributed by atoms with van der Waals surface area (Å²) < 4.78 is 17.2. The van der Waals surface area contributed by atoms with Gasteiger partial charge >= 0.3 is 0 Å². The quantitative estimate of drug-likeness (QED) is 0.832. The molecule has 1 saturated carbocycles. The Bertz CT molecular complexity index is 666. The van der Waals surface area contributed by atoms with Crippen molar-refractivity contribution in [2.45, 2.75) is 58.0 Å². The Morgan fingerprint density at radius 3 is 2.48 bits per heavy atom. The summed E-state index contributed by atoms with van der Waals surface area (Å²) >= 11 is 0. The standard InChI is InChI=1S/C16H18O3.C5H11N.C2H6/c1-17-11-7-5-9-3-4-10-6-8-12(18-2)16-14(10)13(9)15(11)19-16;1-6-4-5-2-3-5;1-2/h5,7-8,10,14,16H,3-4,6H2,1-2H3;5-6H,2-4H2,1H3;1-2H3. The van der Waals surface area contributed by atoms with Gasteiger partial charge in [-0.25, -0.2) is 0 Å². The summed E-state index contributed by atoms with van der Waals surface area (Å²) in [7, 11) is 5.45. The van der Waals surface area contributed by atoms with Crippen LogP contribution >= 0.6 is 0 Å². The molecule has 150 valence electrons. The Labute approximate surface area is 164 Å². The van der Waals surface area contributed by atoms with Crippen LogP contribution in [-0.2, 0) is 11.2 Å². The van der Waals surface area contributed by atoms with Gasteiger partial charge in [-0.1, -0.05) is 19.9 Å². The van der Waals surface area contributed by atoms with E-state index in [0.717, 1.165) is 36.0 Å². The summed E-state index contributed by atoms with van der Waals surface area (Å²) in [4.78, 5) is 0. The highest BCUT2D eigenvalue weighted by Crippen LogP contribution is 2.56. The van der Waals surface area contributed by atoms with E-state index < -0.39 is 0 Å². The second kappa shape index (κ2) is 9.01. The van der Waals surface area contributed by atoms with E-state index in [1.165, 1.54) is 36.9 Å². The van der Waals surface area contributed by atoms with Gasteiger partial charge < -0.3 is 19.5 Å². The highest BCUT2D eigenvalue weighted by Gasteiger charge is 2.48. The molecule has 3 aliphatic carbocycles. The fourth-order valence-electron chi connectivity index (χ4n) is 4.53. The number of hydrogen-bond donors (Lipinski definition) is 1. The Hall–Kier alpha value is -1.68. The fraction of sp³-hybridized carbons (Fsp3) is 0.652. The lowest BCUT2D eigenvalue weighted by molar-refractivity contribution is 0.111. The molecular weight excluding hydrogens is 338 g/mol. The largest absolute Gasteiger partial charge is 0.497 e. The van der Waals surface area contributed by atoms with Crippen LogP contribution in [-0.4, -0.2) is 33.9 Å². The van der Waals surface area contributed by atoms with Gasteiger partial charge in [0, 0.05) is 11.5 Å². The number of benzene rings is 1. The molecule has 0 spiro atoms. The van der Waals surface area contributed by atoms with Crippen molar-refractivity contribution in [2.24, 2.45) is 11.8 Å². The van der Waals surface area contributed by atoms with E-state index in [4.69, 9.17) is 14.2 Å². The van der Waals surface area contributed by atoms with Crippen molar-refractivity contribution in [3.05, 3.63) is 35.1 Å². The summed E-state index contributed by atoms with van der Waals surface area (Å²) in [5.74, 6) is 4.95. The van der Waals surface area contributed by atoms with Crippen LogP contribution in [0.25, 0.3) is 0 Å². The Kier molecular flexibility index (Phi) is 6.69. The van der Waals surface area contributed by atoms with Gasteiger partial charge in [-0.15, -0.1) is 0 Å². The number of nitrogens with one attached hydrogen (secondary N) is 1. The highest BCUT2D eigenvalue weighted by molar-refractivity contribution is 5.58. The Morgan fingerprint density at radius 1 is 1.11 bits per heavy atom. The van der Waals surface area contributed by atoms with Crippen molar-refractivity contribution < 1.29 is 14.2 Å². The average molecular weight is 374 g/mol. The molecule has 3 unspecified atom stereocenters. The summed E-state index contributed by atoms with van der Waals surface area (Å²) in [6.45, 7) is 5.24. The van der Waals surface area contributed by atoms with Crippen LogP contribution in [0.5, 0.6) is 11.5 Å². The predicted octanol–water partition coefficient (Wildman–Crippen LogP) is 4.68. The molecular formula is C23H35NO3. The second-order valence-electron chi connectivity index (χ2n) is 7.58. The third-order valence-corrected chi connectivity index (χ3v) is 5.99. The van der Waals surface area contributed by atoms with E-state index in [0.29, 0.717) is 11.8 Å². The second-order valence-corrected chi connectivity index (χ2v) is 7.58. The highest BCUT2D eigenvalue weighted by atomic mass is 16.6. The molecule has 1 aliphatic heterocycles. The maximum absolute atomic E-state index is 6.21. The number of ether oxygens (including phenoxy) is 3. The molecule has 4 aliphatic rings. The van der Waals surface area contributed by atoms with E-state index in [-0.39, 0.29) is 6.10 Å². The van der Waals surface area contributed by atoms with Crippen LogP contribution < -0.4 is 14.8 Å². The summed E-state index contributed by atoms with van der Waals surface area (Å²) in [6.07, 6.45) is 8.67. The van der Waals surface area contributed by atoms with E-state index in [1.807, 2.05) is 27.0 Å². The third kappa shape index (κ3) is 3.96. The fourth-order valence-corrected chi connectivity index (χ4v) is 4.53. The lowest BCUT2D eigenvalue weighted by Crippen LogP contribution is -2.33. The lowest BCUT2D eigenvalue weighted by Gasteiger charge is -2.35. The van der Waals surface area contributed by atoms with Gasteiger partial charge in [0.1, 0.15) is 5.76 Å². The molecule has 1 aromatic carbocycles. The summed E-state index contributed by atoms with van der Waals surface area (Å²) in [5, 5.41) is 3.13. The van der Waals surface area contributed by atoms with Gasteiger partial charge in [-0.05, 0) is 75.2 Å². The molecule has 0 saturated heterocycles. The molecule has 4 nitrogen and oxygen atoms in total. The van der Waals surface area contributed by atoms with Crippen LogP contribution in [0.3, 0.4) is 0 Å². The van der Waals surface area contributed by atoms with Gasteiger partial charge in [0.2, 0.25) is 0 Å². The minimum atomic E-state index is 0.0501. The van der Waals surface area contributed by atoms with Crippen LogP contribution in [0, 0.1) is 11.8 Å². The first-order valence-corrected chi connectivity index (χ1v) is 10.5. The number of methoxy groups -OCH3 is 2. The molecule has 0 radical (unpaired) electrons. The third-order valence-electron chi connectivity index (χ3n) is 5.99. The van der Waals surface area contributed by atoms with Crippen molar-refractivity contribution in [3.63, 3.8) is 0 Å². The van der Waals surface area contributed by atoms with Crippen LogP contribution in [0.4, 0.5) is 0 Å². The maximum atomic E-state index is 6.21. The molecule has 0 amide bonds. The molecule has 27 heavy (non-hydrogen) atoms. The molecule has 4 heteroatoms. The van der Waals surface area contributed by atoms with Crippen LogP contribution in [0.1, 0.15) is 56.6 Å². The Morgan fingerprint density at radius 2 is 1.89 bits per heavy atom. The van der Waals surface area contributed by atoms with Gasteiger partial charge in [-0.2, -0.15) is 0 Å². The molecule has 1 fully saturated rings. The minimum Gasteiger partial charge on any atom is -0.497 e. The van der Waals surface area contributed by atoms with Crippen LogP contribution in [0.2, 0.25) is 0 Å². The first-order valence-electron chi connectivity index (χ1n) is 10.5. The molecule has 0 aromatic heterocycles. The number of allylic oxidation sites excluding steroid dienone is 1. The summed E-state index contributed by atoms with van der Waals surface area (Å²) in [5.41, 5.74) is 2.81. The Balaban J connectivity index is 0.000000223. The first kappa shape index (κ1) is 20.1. The van der Waals surface area contributed by atoms with Gasteiger partial charge in [0.05, 0.1) is 14.2 Å². The SMILES string of the molecule is CC.CNCC1CC1.COC1=CCC2CCc3ccc(OC)c4c3C2C1O4.